The topological polar surface area (TPSA) is 3.24 Å². The Balaban J connectivity index is 2.32. The Labute approximate surface area is 55.8 Å². The summed E-state index contributed by atoms with van der Waals surface area (Å²) in [7, 11) is 0. The fraction of sp³-hybridized carbons (Fsp3) is 1.00. The van der Waals surface area contributed by atoms with Crippen molar-refractivity contribution < 1.29 is 4.39 Å². The molecule has 0 radical (unpaired) electrons. The number of likely N-dealkylation sites (tertiary alicyclic amines) is 1. The summed E-state index contributed by atoms with van der Waals surface area (Å²) in [5, 5.41) is 0. The Kier molecular flexibility index (Phi) is 2.46. The fourth-order valence-electron chi connectivity index (χ4n) is 1.49. The summed E-state index contributed by atoms with van der Waals surface area (Å²) < 4.78 is 12.1. The lowest BCUT2D eigenvalue weighted by Gasteiger charge is -2.18. The van der Waals surface area contributed by atoms with Gasteiger partial charge in [0.1, 0.15) is 6.67 Å². The Hall–Kier alpha value is -0.110. The van der Waals surface area contributed by atoms with E-state index in [9.17, 15) is 4.39 Å². The zero-order valence-corrected chi connectivity index (χ0v) is 5.94. The van der Waals surface area contributed by atoms with Crippen LogP contribution in [0, 0.1) is 0 Å². The van der Waals surface area contributed by atoms with Crippen molar-refractivity contribution in [2.45, 2.75) is 25.8 Å². The molecule has 0 aliphatic carbocycles. The number of hydrogen-bond donors (Lipinski definition) is 0. The molecule has 2 heteroatoms. The van der Waals surface area contributed by atoms with Crippen molar-refractivity contribution in [1.82, 2.24) is 4.90 Å². The highest BCUT2D eigenvalue weighted by Crippen LogP contribution is 2.16. The van der Waals surface area contributed by atoms with E-state index in [-0.39, 0.29) is 12.7 Å². The van der Waals surface area contributed by atoms with Crippen LogP contribution in [0.15, 0.2) is 0 Å². The smallest absolute Gasteiger partial charge is 0.105 e. The summed E-state index contributed by atoms with van der Waals surface area (Å²) in [6.45, 7) is 4.04. The first-order chi connectivity index (χ1) is 4.38. The number of rotatable bonds is 2. The van der Waals surface area contributed by atoms with Gasteiger partial charge in [-0.1, -0.05) is 6.92 Å². The molecule has 9 heavy (non-hydrogen) atoms. The summed E-state index contributed by atoms with van der Waals surface area (Å²) in [5.74, 6) is 0. The van der Waals surface area contributed by atoms with E-state index in [1.54, 1.807) is 0 Å². The monoisotopic (exact) mass is 131 g/mol. The maximum absolute atomic E-state index is 12.1. The average molecular weight is 131 g/mol. The largest absolute Gasteiger partial charge is 0.298 e. The molecular weight excluding hydrogens is 117 g/mol. The lowest BCUT2D eigenvalue weighted by molar-refractivity contribution is 0.224. The van der Waals surface area contributed by atoms with Gasteiger partial charge in [0.2, 0.25) is 0 Å². The van der Waals surface area contributed by atoms with Crippen LogP contribution in [0.2, 0.25) is 0 Å². The Morgan fingerprint density at radius 1 is 1.67 bits per heavy atom. The van der Waals surface area contributed by atoms with Gasteiger partial charge in [-0.15, -0.1) is 0 Å². The van der Waals surface area contributed by atoms with Crippen molar-refractivity contribution in [1.29, 1.82) is 0 Å². The molecule has 0 aromatic heterocycles. The van der Waals surface area contributed by atoms with Crippen LogP contribution >= 0.6 is 0 Å². The second-order valence-electron chi connectivity index (χ2n) is 2.58. The molecule has 1 fully saturated rings. The van der Waals surface area contributed by atoms with Crippen molar-refractivity contribution in [3.05, 3.63) is 0 Å². The summed E-state index contributed by atoms with van der Waals surface area (Å²) in [4.78, 5) is 2.21. The number of hydrogen-bond acceptors (Lipinski definition) is 1. The molecule has 1 aliphatic rings. The molecule has 0 bridgehead atoms. The first kappa shape index (κ1) is 7.00. The zero-order chi connectivity index (χ0) is 6.69. The van der Waals surface area contributed by atoms with Gasteiger partial charge in [-0.05, 0) is 25.9 Å². The minimum atomic E-state index is -0.159. The minimum absolute atomic E-state index is 0.159. The third-order valence-electron chi connectivity index (χ3n) is 2.08. The van der Waals surface area contributed by atoms with Crippen molar-refractivity contribution >= 4 is 0 Å². The van der Waals surface area contributed by atoms with Gasteiger partial charge in [0, 0.05) is 6.04 Å². The van der Waals surface area contributed by atoms with E-state index in [1.165, 1.54) is 6.42 Å². The van der Waals surface area contributed by atoms with E-state index in [1.807, 2.05) is 0 Å². The molecule has 1 aliphatic heterocycles. The van der Waals surface area contributed by atoms with Gasteiger partial charge in [0.15, 0.2) is 0 Å². The van der Waals surface area contributed by atoms with Gasteiger partial charge >= 0.3 is 0 Å². The number of nitrogens with zero attached hydrogens (tertiary/aromatic N) is 1. The molecule has 1 rings (SSSR count). The van der Waals surface area contributed by atoms with E-state index in [4.69, 9.17) is 0 Å². The summed E-state index contributed by atoms with van der Waals surface area (Å²) >= 11 is 0. The molecule has 0 aromatic carbocycles. The van der Waals surface area contributed by atoms with Crippen molar-refractivity contribution in [2.75, 3.05) is 19.8 Å². The van der Waals surface area contributed by atoms with Crippen LogP contribution in [-0.4, -0.2) is 30.7 Å². The van der Waals surface area contributed by atoms with E-state index in [0.29, 0.717) is 0 Å². The lowest BCUT2D eigenvalue weighted by Crippen LogP contribution is -2.30. The predicted octanol–water partition coefficient (Wildman–Crippen LogP) is 1.44. The maximum Gasteiger partial charge on any atom is 0.105 e. The van der Waals surface area contributed by atoms with Crippen LogP contribution in [0.3, 0.4) is 0 Å². The molecule has 0 saturated carbocycles. The van der Waals surface area contributed by atoms with Crippen LogP contribution in [0.5, 0.6) is 0 Å². The standard InChI is InChI=1S/C7H14FN/c1-2-9-5-3-4-7(9)6-8/h7H,2-6H2,1H3/t7-/m0/s1. The van der Waals surface area contributed by atoms with Crippen molar-refractivity contribution in [2.24, 2.45) is 0 Å². The number of halogens is 1. The average Bonchev–Trinajstić information content (AvgIpc) is 2.33. The summed E-state index contributed by atoms with van der Waals surface area (Å²) in [6.07, 6.45) is 2.24. The van der Waals surface area contributed by atoms with E-state index in [2.05, 4.69) is 11.8 Å². The predicted molar refractivity (Wildman–Crippen MR) is 36.2 cm³/mol. The minimum Gasteiger partial charge on any atom is -0.298 e. The molecule has 1 atom stereocenters. The first-order valence-corrected chi connectivity index (χ1v) is 3.68. The van der Waals surface area contributed by atoms with Crippen LogP contribution in [0.4, 0.5) is 4.39 Å². The Morgan fingerprint density at radius 3 is 2.89 bits per heavy atom. The Morgan fingerprint density at radius 2 is 2.44 bits per heavy atom. The molecule has 1 heterocycles. The second-order valence-corrected chi connectivity index (χ2v) is 2.58. The van der Waals surface area contributed by atoms with Gasteiger partial charge < -0.3 is 0 Å². The molecule has 0 N–H and O–H groups in total. The quantitative estimate of drug-likeness (QED) is 0.548. The van der Waals surface area contributed by atoms with Crippen molar-refractivity contribution in [3.8, 4) is 0 Å². The highest BCUT2D eigenvalue weighted by atomic mass is 19.1. The van der Waals surface area contributed by atoms with Crippen LogP contribution in [0.1, 0.15) is 19.8 Å². The maximum atomic E-state index is 12.1. The molecule has 0 spiro atoms. The second kappa shape index (κ2) is 3.16. The molecule has 1 saturated heterocycles. The van der Waals surface area contributed by atoms with Gasteiger partial charge in [-0.2, -0.15) is 0 Å². The van der Waals surface area contributed by atoms with Gasteiger partial charge in [-0.25, -0.2) is 4.39 Å². The lowest BCUT2D eigenvalue weighted by atomic mass is 10.2. The van der Waals surface area contributed by atoms with Gasteiger partial charge in [0.05, 0.1) is 0 Å². The molecule has 0 unspecified atom stereocenters. The third kappa shape index (κ3) is 1.42. The first-order valence-electron chi connectivity index (χ1n) is 3.68. The molecule has 0 aromatic rings. The van der Waals surface area contributed by atoms with E-state index >= 15 is 0 Å². The highest BCUT2D eigenvalue weighted by molar-refractivity contribution is 4.76. The van der Waals surface area contributed by atoms with Crippen LogP contribution in [0.25, 0.3) is 0 Å². The Bertz CT molecular complexity index is 75.0. The summed E-state index contributed by atoms with van der Waals surface area (Å²) in [6, 6.07) is 0.245. The SMILES string of the molecule is CCN1CCC[C@H]1CF. The van der Waals surface area contributed by atoms with E-state index < -0.39 is 0 Å². The molecule has 1 nitrogen and oxygen atoms in total. The molecular formula is C7H14FN. The van der Waals surface area contributed by atoms with Crippen molar-refractivity contribution in [3.63, 3.8) is 0 Å². The van der Waals surface area contributed by atoms with Crippen LogP contribution < -0.4 is 0 Å². The normalized spacial score (nSPS) is 29.3. The van der Waals surface area contributed by atoms with Gasteiger partial charge in [0.25, 0.3) is 0 Å². The fourth-order valence-corrected chi connectivity index (χ4v) is 1.49. The third-order valence-corrected chi connectivity index (χ3v) is 2.08. The molecule has 54 valence electrons. The summed E-state index contributed by atoms with van der Waals surface area (Å²) in [5.41, 5.74) is 0. The van der Waals surface area contributed by atoms with Gasteiger partial charge in [-0.3, -0.25) is 4.90 Å². The van der Waals surface area contributed by atoms with Crippen LogP contribution in [-0.2, 0) is 0 Å². The molecule has 0 amide bonds. The van der Waals surface area contributed by atoms with E-state index in [0.717, 1.165) is 19.5 Å². The highest BCUT2D eigenvalue weighted by Gasteiger charge is 2.21. The zero-order valence-electron chi connectivity index (χ0n) is 5.94. The number of alkyl halides is 1.